The van der Waals surface area contributed by atoms with Gasteiger partial charge in [-0.1, -0.05) is 62.4 Å². The summed E-state index contributed by atoms with van der Waals surface area (Å²) in [6, 6.07) is 23.1. The molecule has 0 spiro atoms. The van der Waals surface area contributed by atoms with Gasteiger partial charge in [0.05, 0.1) is 29.9 Å². The number of fused-ring (bicyclic) bond motifs is 2. The fourth-order valence-electron chi connectivity index (χ4n) is 4.47. The molecule has 2 heterocycles. The molecule has 0 aliphatic carbocycles. The Morgan fingerprint density at radius 1 is 0.919 bits per heavy atom. The molecule has 0 unspecified atom stereocenters. The molecule has 0 radical (unpaired) electrons. The first-order valence-electron chi connectivity index (χ1n) is 12.3. The topological polar surface area (TPSA) is 87.5 Å². The van der Waals surface area contributed by atoms with E-state index in [9.17, 15) is 14.4 Å². The summed E-state index contributed by atoms with van der Waals surface area (Å²) >= 11 is 0. The zero-order chi connectivity index (χ0) is 26.1. The number of hydrogen-bond donors (Lipinski definition) is 1. The first kappa shape index (κ1) is 24.2. The van der Waals surface area contributed by atoms with E-state index in [4.69, 9.17) is 0 Å². The zero-order valence-corrected chi connectivity index (χ0v) is 21.1. The largest absolute Gasteiger partial charge is 0.332 e. The van der Waals surface area contributed by atoms with Gasteiger partial charge >= 0.3 is 0 Å². The molecule has 1 N–H and O–H groups in total. The van der Waals surface area contributed by atoms with Gasteiger partial charge in [-0.2, -0.15) is 5.10 Å². The lowest BCUT2D eigenvalue weighted by atomic mass is 10.1. The minimum absolute atomic E-state index is 0.0354. The highest BCUT2D eigenvalue weighted by molar-refractivity contribution is 6.09. The third-order valence-corrected chi connectivity index (χ3v) is 6.57. The summed E-state index contributed by atoms with van der Waals surface area (Å²) in [7, 11) is 1.65. The summed E-state index contributed by atoms with van der Waals surface area (Å²) in [5, 5.41) is 8.51. The van der Waals surface area contributed by atoms with Crippen LogP contribution in [0.4, 0.5) is 11.5 Å². The number of anilines is 2. The molecule has 1 aromatic heterocycles. The first-order valence-corrected chi connectivity index (χ1v) is 12.3. The zero-order valence-electron chi connectivity index (χ0n) is 21.1. The van der Waals surface area contributed by atoms with Crippen LogP contribution in [-0.2, 0) is 22.7 Å². The molecule has 8 heteroatoms. The summed E-state index contributed by atoms with van der Waals surface area (Å²) in [4.78, 5) is 41.1. The molecule has 5 rings (SSSR count). The molecule has 1 aliphatic rings. The van der Waals surface area contributed by atoms with Crippen LogP contribution in [0.2, 0.25) is 0 Å². The lowest BCUT2D eigenvalue weighted by Gasteiger charge is -2.22. The van der Waals surface area contributed by atoms with E-state index in [0.29, 0.717) is 30.2 Å². The Bertz CT molecular complexity index is 1490. The fourth-order valence-corrected chi connectivity index (χ4v) is 4.47. The molecule has 3 aromatic carbocycles. The van der Waals surface area contributed by atoms with Crippen LogP contribution in [0.15, 0.2) is 72.8 Å². The molecule has 3 amide bonds. The second-order valence-electron chi connectivity index (χ2n) is 9.64. The highest BCUT2D eigenvalue weighted by Gasteiger charge is 2.29. The molecule has 0 atom stereocenters. The predicted octanol–water partition coefficient (Wildman–Crippen LogP) is 4.30. The van der Waals surface area contributed by atoms with Gasteiger partial charge in [-0.3, -0.25) is 19.1 Å². The summed E-state index contributed by atoms with van der Waals surface area (Å²) in [5.74, 6) is 0.0696. The van der Waals surface area contributed by atoms with Crippen molar-refractivity contribution in [2.24, 2.45) is 5.92 Å². The average Bonchev–Trinajstić information content (AvgIpc) is 3.20. The second kappa shape index (κ2) is 9.89. The molecule has 188 valence electrons. The number of nitrogens with one attached hydrogen (secondary N) is 1. The number of carbonyl (C=O) groups excluding carboxylic acids is 3. The average molecular weight is 496 g/mol. The molecule has 37 heavy (non-hydrogen) atoms. The van der Waals surface area contributed by atoms with Crippen molar-refractivity contribution >= 4 is 40.1 Å². The molecule has 1 aliphatic heterocycles. The van der Waals surface area contributed by atoms with Crippen LogP contribution in [-0.4, -0.2) is 46.0 Å². The van der Waals surface area contributed by atoms with Gasteiger partial charge in [-0.15, -0.1) is 0 Å². The van der Waals surface area contributed by atoms with Crippen molar-refractivity contribution in [3.63, 3.8) is 0 Å². The van der Waals surface area contributed by atoms with Crippen LogP contribution in [0.3, 0.4) is 0 Å². The monoisotopic (exact) mass is 495 g/mol. The van der Waals surface area contributed by atoms with Crippen LogP contribution in [0.1, 0.15) is 35.3 Å². The van der Waals surface area contributed by atoms with E-state index in [1.165, 1.54) is 4.90 Å². The molecule has 0 saturated carbocycles. The van der Waals surface area contributed by atoms with E-state index >= 15 is 0 Å². The normalized spacial score (nSPS) is 13.7. The van der Waals surface area contributed by atoms with Crippen LogP contribution >= 0.6 is 0 Å². The number of benzene rings is 3. The Morgan fingerprint density at radius 2 is 1.57 bits per heavy atom. The van der Waals surface area contributed by atoms with Crippen molar-refractivity contribution in [3.05, 3.63) is 89.5 Å². The summed E-state index contributed by atoms with van der Waals surface area (Å²) in [6.07, 6.45) is 0. The van der Waals surface area contributed by atoms with E-state index in [0.717, 1.165) is 22.0 Å². The van der Waals surface area contributed by atoms with Crippen molar-refractivity contribution in [1.82, 2.24) is 14.7 Å². The molecular formula is C29H29N5O3. The maximum Gasteiger partial charge on any atom is 0.256 e. The van der Waals surface area contributed by atoms with Gasteiger partial charge in [0.25, 0.3) is 5.91 Å². The van der Waals surface area contributed by atoms with Crippen molar-refractivity contribution in [1.29, 1.82) is 0 Å². The summed E-state index contributed by atoms with van der Waals surface area (Å²) in [5.41, 5.74) is 4.09. The Kier molecular flexibility index (Phi) is 6.48. The molecule has 4 aromatic rings. The van der Waals surface area contributed by atoms with Crippen molar-refractivity contribution in [2.75, 3.05) is 23.8 Å². The van der Waals surface area contributed by atoms with Crippen LogP contribution in [0.5, 0.6) is 0 Å². The Balaban J connectivity index is 1.37. The van der Waals surface area contributed by atoms with Gasteiger partial charge in [-0.25, -0.2) is 0 Å². The van der Waals surface area contributed by atoms with Crippen LogP contribution in [0.25, 0.3) is 10.9 Å². The number of hydrogen-bond acceptors (Lipinski definition) is 4. The fraction of sp³-hybridized carbons (Fsp3) is 0.241. The van der Waals surface area contributed by atoms with Gasteiger partial charge in [0.15, 0.2) is 5.82 Å². The number of para-hydroxylation sites is 2. The van der Waals surface area contributed by atoms with Crippen LogP contribution < -0.4 is 10.2 Å². The predicted molar refractivity (Wildman–Crippen MR) is 143 cm³/mol. The number of amides is 3. The quantitative estimate of drug-likeness (QED) is 0.432. The molecular weight excluding hydrogens is 466 g/mol. The minimum Gasteiger partial charge on any atom is -0.332 e. The van der Waals surface area contributed by atoms with Gasteiger partial charge < -0.3 is 15.1 Å². The van der Waals surface area contributed by atoms with E-state index in [2.05, 4.69) is 10.4 Å². The van der Waals surface area contributed by atoms with E-state index < -0.39 is 0 Å². The van der Waals surface area contributed by atoms with Gasteiger partial charge in [0, 0.05) is 18.4 Å². The molecule has 0 fully saturated rings. The highest BCUT2D eigenvalue weighted by Crippen LogP contribution is 2.27. The van der Waals surface area contributed by atoms with E-state index in [-0.39, 0.29) is 30.2 Å². The van der Waals surface area contributed by atoms with E-state index in [1.807, 2.05) is 85.3 Å². The Hall–Kier alpha value is -4.46. The lowest BCUT2D eigenvalue weighted by molar-refractivity contribution is -0.119. The molecule has 8 nitrogen and oxygen atoms in total. The maximum absolute atomic E-state index is 13.0. The minimum atomic E-state index is -0.155. The Morgan fingerprint density at radius 3 is 2.30 bits per heavy atom. The number of aromatic nitrogens is 2. The Labute approximate surface area is 215 Å². The molecule has 0 bridgehead atoms. The SMILES string of the molecule is CC(C)C(=O)Nc1nn(Cc2ccc(CN3C(=O)CN(C)C(=O)c4ccccc43)cc2)c2ccccc12. The summed E-state index contributed by atoms with van der Waals surface area (Å²) < 4.78 is 1.89. The standard InChI is InChI=1S/C29H29N5O3/c1-19(2)28(36)30-27-22-8-4-7-11-25(22)34(31-27)17-21-14-12-20(13-15-21)16-33-24-10-6-5-9-23(24)29(37)32(3)18-26(33)35/h4-15,19H,16-18H2,1-3H3,(H,30,31,36). The lowest BCUT2D eigenvalue weighted by Crippen LogP contribution is -2.37. The number of carbonyl (C=O) groups is 3. The van der Waals surface area contributed by atoms with E-state index in [1.54, 1.807) is 18.0 Å². The number of nitrogens with zero attached hydrogens (tertiary/aromatic N) is 4. The number of likely N-dealkylation sites (N-methyl/N-ethyl adjacent to an activating group) is 1. The van der Waals surface area contributed by atoms with Crippen molar-refractivity contribution < 1.29 is 14.4 Å². The first-order chi connectivity index (χ1) is 17.8. The highest BCUT2D eigenvalue weighted by atomic mass is 16.2. The third-order valence-electron chi connectivity index (χ3n) is 6.57. The third kappa shape index (κ3) is 4.82. The van der Waals surface area contributed by atoms with Crippen molar-refractivity contribution in [3.8, 4) is 0 Å². The van der Waals surface area contributed by atoms with Gasteiger partial charge in [0.1, 0.15) is 6.54 Å². The number of rotatable bonds is 6. The van der Waals surface area contributed by atoms with Gasteiger partial charge in [0.2, 0.25) is 11.8 Å². The smallest absolute Gasteiger partial charge is 0.256 e. The van der Waals surface area contributed by atoms with Crippen LogP contribution in [0, 0.1) is 5.92 Å². The van der Waals surface area contributed by atoms with Gasteiger partial charge in [-0.05, 0) is 35.4 Å². The second-order valence-corrected chi connectivity index (χ2v) is 9.64. The molecule has 0 saturated heterocycles. The maximum atomic E-state index is 13.0. The van der Waals surface area contributed by atoms with Crippen molar-refractivity contribution in [2.45, 2.75) is 26.9 Å². The summed E-state index contributed by atoms with van der Waals surface area (Å²) in [6.45, 7) is 4.64.